The first kappa shape index (κ1) is 18.1. The summed E-state index contributed by atoms with van der Waals surface area (Å²) in [7, 11) is -3.75. The summed E-state index contributed by atoms with van der Waals surface area (Å²) in [5, 5.41) is 5.38. The van der Waals surface area contributed by atoms with Crippen molar-refractivity contribution < 1.29 is 18.0 Å². The summed E-state index contributed by atoms with van der Waals surface area (Å²) in [5.74, 6) is -0.605. The number of nitrogens with one attached hydrogen (secondary N) is 2. The molecule has 2 amide bonds. The Morgan fingerprint density at radius 2 is 1.77 bits per heavy atom. The summed E-state index contributed by atoms with van der Waals surface area (Å²) < 4.78 is 26.3. The van der Waals surface area contributed by atoms with E-state index in [1.807, 2.05) is 30.3 Å². The van der Waals surface area contributed by atoms with Crippen molar-refractivity contribution in [1.82, 2.24) is 14.9 Å². The fraction of sp³-hybridized carbons (Fsp3) is 0.222. The number of piperazine rings is 1. The molecule has 0 atom stereocenters. The van der Waals surface area contributed by atoms with Crippen LogP contribution in [0.15, 0.2) is 59.5 Å². The van der Waals surface area contributed by atoms with Crippen LogP contribution in [0.2, 0.25) is 0 Å². The molecule has 1 fully saturated rings. The Morgan fingerprint density at radius 3 is 2.42 bits per heavy atom. The number of nitrogens with zero attached hydrogens (tertiary/aromatic N) is 1. The Balaban J connectivity index is 1.67. The van der Waals surface area contributed by atoms with Crippen molar-refractivity contribution in [1.29, 1.82) is 0 Å². The SMILES string of the molecule is O=C1CN(S(=O)(=O)c2ccc(C(=O)NCc3ccccc3)cc2)CCN1. The third-order valence-corrected chi connectivity index (χ3v) is 5.91. The maximum Gasteiger partial charge on any atom is 0.251 e. The molecule has 0 saturated carbocycles. The first-order valence-electron chi connectivity index (χ1n) is 8.16. The number of rotatable bonds is 5. The van der Waals surface area contributed by atoms with E-state index in [1.165, 1.54) is 24.3 Å². The van der Waals surface area contributed by atoms with E-state index >= 15 is 0 Å². The van der Waals surface area contributed by atoms with Gasteiger partial charge < -0.3 is 10.6 Å². The van der Waals surface area contributed by atoms with Gasteiger partial charge in [0.2, 0.25) is 15.9 Å². The molecule has 2 aromatic carbocycles. The zero-order valence-corrected chi connectivity index (χ0v) is 14.8. The Morgan fingerprint density at radius 1 is 1.08 bits per heavy atom. The predicted molar refractivity (Wildman–Crippen MR) is 95.8 cm³/mol. The molecule has 8 heteroatoms. The van der Waals surface area contributed by atoms with E-state index < -0.39 is 10.0 Å². The summed E-state index contributed by atoms with van der Waals surface area (Å²) in [6.45, 7) is 0.718. The van der Waals surface area contributed by atoms with E-state index in [0.717, 1.165) is 9.87 Å². The van der Waals surface area contributed by atoms with Crippen LogP contribution in [0.1, 0.15) is 15.9 Å². The maximum absolute atomic E-state index is 12.6. The Kier molecular flexibility index (Phi) is 5.34. The summed E-state index contributed by atoms with van der Waals surface area (Å²) in [4.78, 5) is 23.7. The highest BCUT2D eigenvalue weighted by molar-refractivity contribution is 7.89. The highest BCUT2D eigenvalue weighted by Gasteiger charge is 2.29. The first-order valence-corrected chi connectivity index (χ1v) is 9.60. The van der Waals surface area contributed by atoms with Crippen LogP contribution in [0.3, 0.4) is 0 Å². The molecule has 1 saturated heterocycles. The quantitative estimate of drug-likeness (QED) is 0.808. The fourth-order valence-corrected chi connectivity index (χ4v) is 4.02. The lowest BCUT2D eigenvalue weighted by Crippen LogP contribution is -2.49. The summed E-state index contributed by atoms with van der Waals surface area (Å²) >= 11 is 0. The molecular formula is C18H19N3O4S. The van der Waals surface area contributed by atoms with Crippen molar-refractivity contribution in [3.63, 3.8) is 0 Å². The molecule has 1 aliphatic rings. The second-order valence-corrected chi connectivity index (χ2v) is 7.82. The Hall–Kier alpha value is -2.71. The van der Waals surface area contributed by atoms with Crippen LogP contribution >= 0.6 is 0 Å². The molecule has 26 heavy (non-hydrogen) atoms. The molecule has 0 aliphatic carbocycles. The number of hydrogen-bond acceptors (Lipinski definition) is 4. The number of benzene rings is 2. The average molecular weight is 373 g/mol. The molecular weight excluding hydrogens is 354 g/mol. The molecule has 0 unspecified atom stereocenters. The van der Waals surface area contributed by atoms with Gasteiger partial charge in [0, 0.05) is 25.2 Å². The lowest BCUT2D eigenvalue weighted by molar-refractivity contribution is -0.122. The van der Waals surface area contributed by atoms with Crippen molar-refractivity contribution in [3.8, 4) is 0 Å². The molecule has 7 nitrogen and oxygen atoms in total. The summed E-state index contributed by atoms with van der Waals surface area (Å²) in [5.41, 5.74) is 1.35. The first-order chi connectivity index (χ1) is 12.5. The second kappa shape index (κ2) is 7.67. The number of hydrogen-bond donors (Lipinski definition) is 2. The molecule has 0 aromatic heterocycles. The van der Waals surface area contributed by atoms with Gasteiger partial charge in [-0.15, -0.1) is 0 Å². The van der Waals surface area contributed by atoms with Crippen LogP contribution in [0.25, 0.3) is 0 Å². The molecule has 3 rings (SSSR count). The highest BCUT2D eigenvalue weighted by atomic mass is 32.2. The van der Waals surface area contributed by atoms with Gasteiger partial charge in [-0.25, -0.2) is 8.42 Å². The molecule has 1 heterocycles. The minimum absolute atomic E-state index is 0.0619. The lowest BCUT2D eigenvalue weighted by atomic mass is 10.2. The van der Waals surface area contributed by atoms with Gasteiger partial charge in [-0.3, -0.25) is 9.59 Å². The second-order valence-electron chi connectivity index (χ2n) is 5.88. The van der Waals surface area contributed by atoms with Gasteiger partial charge in [0.1, 0.15) is 0 Å². The van der Waals surface area contributed by atoms with Crippen molar-refractivity contribution in [3.05, 3.63) is 65.7 Å². The average Bonchev–Trinajstić information content (AvgIpc) is 2.67. The largest absolute Gasteiger partial charge is 0.354 e. The summed E-state index contributed by atoms with van der Waals surface area (Å²) in [6, 6.07) is 15.2. The van der Waals surface area contributed by atoms with Gasteiger partial charge in [-0.05, 0) is 29.8 Å². The number of amides is 2. The summed E-state index contributed by atoms with van der Waals surface area (Å²) in [6.07, 6.45) is 0. The van der Waals surface area contributed by atoms with Gasteiger partial charge in [-0.1, -0.05) is 30.3 Å². The van der Waals surface area contributed by atoms with Crippen molar-refractivity contribution >= 4 is 21.8 Å². The van der Waals surface area contributed by atoms with Crippen molar-refractivity contribution in [2.24, 2.45) is 0 Å². The van der Waals surface area contributed by atoms with E-state index in [1.54, 1.807) is 0 Å². The topological polar surface area (TPSA) is 95.6 Å². The van der Waals surface area contributed by atoms with E-state index in [0.29, 0.717) is 12.1 Å². The maximum atomic E-state index is 12.6. The molecule has 0 radical (unpaired) electrons. The monoisotopic (exact) mass is 373 g/mol. The molecule has 136 valence electrons. The Labute approximate surface area is 152 Å². The Bertz CT molecular complexity index is 896. The zero-order chi connectivity index (χ0) is 18.6. The van der Waals surface area contributed by atoms with Crippen LogP contribution in [0, 0.1) is 0 Å². The van der Waals surface area contributed by atoms with Gasteiger partial charge in [0.05, 0.1) is 11.4 Å². The van der Waals surface area contributed by atoms with Crippen molar-refractivity contribution in [2.45, 2.75) is 11.4 Å². The number of sulfonamides is 1. The molecule has 2 aromatic rings. The van der Waals surface area contributed by atoms with E-state index in [-0.39, 0.29) is 36.3 Å². The van der Waals surface area contributed by atoms with E-state index in [9.17, 15) is 18.0 Å². The zero-order valence-electron chi connectivity index (χ0n) is 14.0. The van der Waals surface area contributed by atoms with Crippen LogP contribution in [0.5, 0.6) is 0 Å². The van der Waals surface area contributed by atoms with Crippen LogP contribution in [0.4, 0.5) is 0 Å². The highest BCUT2D eigenvalue weighted by Crippen LogP contribution is 2.17. The minimum atomic E-state index is -3.75. The van der Waals surface area contributed by atoms with Crippen molar-refractivity contribution in [2.75, 3.05) is 19.6 Å². The van der Waals surface area contributed by atoms with Crippen LogP contribution < -0.4 is 10.6 Å². The van der Waals surface area contributed by atoms with Crippen LogP contribution in [-0.2, 0) is 21.4 Å². The third-order valence-electron chi connectivity index (χ3n) is 4.05. The third kappa shape index (κ3) is 4.09. The van der Waals surface area contributed by atoms with E-state index in [4.69, 9.17) is 0 Å². The standard InChI is InChI=1S/C18H19N3O4S/c22-17-13-21(11-10-19-17)26(24,25)16-8-6-15(7-9-16)18(23)20-12-14-4-2-1-3-5-14/h1-9H,10-13H2,(H,19,22)(H,20,23). The van der Waals surface area contributed by atoms with Gasteiger partial charge in [0.15, 0.2) is 0 Å². The predicted octanol–water partition coefficient (Wildman–Crippen LogP) is 0.737. The fourth-order valence-electron chi connectivity index (χ4n) is 2.63. The van der Waals surface area contributed by atoms with Crippen LogP contribution in [-0.4, -0.2) is 44.2 Å². The molecule has 2 N–H and O–H groups in total. The lowest BCUT2D eigenvalue weighted by Gasteiger charge is -2.25. The number of carbonyl (C=O) groups is 2. The normalized spacial score (nSPS) is 15.3. The molecule has 0 bridgehead atoms. The minimum Gasteiger partial charge on any atom is -0.354 e. The van der Waals surface area contributed by atoms with Gasteiger partial charge in [0.25, 0.3) is 5.91 Å². The van der Waals surface area contributed by atoms with Gasteiger partial charge in [-0.2, -0.15) is 4.31 Å². The van der Waals surface area contributed by atoms with Gasteiger partial charge >= 0.3 is 0 Å². The number of carbonyl (C=O) groups excluding carboxylic acids is 2. The smallest absolute Gasteiger partial charge is 0.251 e. The molecule has 0 spiro atoms. The molecule has 1 aliphatic heterocycles. The van der Waals surface area contributed by atoms with E-state index in [2.05, 4.69) is 10.6 Å².